The van der Waals surface area contributed by atoms with Crippen molar-refractivity contribution in [1.82, 2.24) is 0 Å². The molecule has 1 saturated heterocycles. The standard InChI is InChI=1S/C14H18BCl2NO3/c1-13(2)14(3,4)21-15(20-13)9-5-7-10(8-6-9)18-12(19)11(16)17/h5-8,11H,1-4H3,(H,18,19). The number of nitrogens with one attached hydrogen (secondary N) is 1. The van der Waals surface area contributed by atoms with Crippen LogP contribution in [0.2, 0.25) is 0 Å². The van der Waals surface area contributed by atoms with Gasteiger partial charge >= 0.3 is 7.12 Å². The Bertz CT molecular complexity index is 516. The van der Waals surface area contributed by atoms with Crippen molar-refractivity contribution in [2.45, 2.75) is 43.7 Å². The van der Waals surface area contributed by atoms with Gasteiger partial charge in [0.1, 0.15) is 0 Å². The molecule has 0 aliphatic carbocycles. The fraction of sp³-hybridized carbons (Fsp3) is 0.500. The average Bonchev–Trinajstić information content (AvgIpc) is 2.59. The predicted octanol–water partition coefficient (Wildman–Crippen LogP) is 2.73. The highest BCUT2D eigenvalue weighted by Crippen LogP contribution is 2.36. The molecule has 114 valence electrons. The summed E-state index contributed by atoms with van der Waals surface area (Å²) >= 11 is 11.0. The van der Waals surface area contributed by atoms with Crippen molar-refractivity contribution < 1.29 is 14.1 Å². The van der Waals surface area contributed by atoms with Gasteiger partial charge in [-0.25, -0.2) is 0 Å². The molecule has 0 bridgehead atoms. The molecule has 1 aliphatic heterocycles. The van der Waals surface area contributed by atoms with Gasteiger partial charge in [0.2, 0.25) is 0 Å². The maximum Gasteiger partial charge on any atom is 0.494 e. The van der Waals surface area contributed by atoms with Crippen LogP contribution in [0.1, 0.15) is 27.7 Å². The summed E-state index contributed by atoms with van der Waals surface area (Å²) in [4.78, 5) is 10.3. The molecule has 0 saturated carbocycles. The van der Waals surface area contributed by atoms with Crippen molar-refractivity contribution >= 4 is 47.4 Å². The molecule has 7 heteroatoms. The average molecular weight is 330 g/mol. The Hall–Kier alpha value is -0.745. The molecule has 1 N–H and O–H groups in total. The highest BCUT2D eigenvalue weighted by Gasteiger charge is 2.51. The fourth-order valence-corrected chi connectivity index (χ4v) is 2.01. The van der Waals surface area contributed by atoms with E-state index in [1.165, 1.54) is 0 Å². The molecule has 1 aliphatic rings. The highest BCUT2D eigenvalue weighted by molar-refractivity contribution is 6.62. The van der Waals surface area contributed by atoms with Crippen LogP contribution in [0.3, 0.4) is 0 Å². The lowest BCUT2D eigenvalue weighted by molar-refractivity contribution is -0.114. The molecule has 0 radical (unpaired) electrons. The molecule has 1 aromatic carbocycles. The number of rotatable bonds is 3. The molecule has 0 spiro atoms. The summed E-state index contributed by atoms with van der Waals surface area (Å²) in [6.07, 6.45) is 0. The smallest absolute Gasteiger partial charge is 0.399 e. The van der Waals surface area contributed by atoms with Crippen LogP contribution < -0.4 is 10.8 Å². The SMILES string of the molecule is CC1(C)OB(c2ccc(NC(=O)C(Cl)Cl)cc2)OC1(C)C. The van der Waals surface area contributed by atoms with Crippen LogP contribution in [0.5, 0.6) is 0 Å². The summed E-state index contributed by atoms with van der Waals surface area (Å²) in [6, 6.07) is 7.20. The van der Waals surface area contributed by atoms with Gasteiger partial charge < -0.3 is 14.6 Å². The van der Waals surface area contributed by atoms with Gasteiger partial charge in [0, 0.05) is 5.69 Å². The molecular formula is C14H18BCl2NO3. The Morgan fingerprint density at radius 1 is 1.10 bits per heavy atom. The minimum Gasteiger partial charge on any atom is -0.399 e. The molecule has 0 unspecified atom stereocenters. The molecule has 21 heavy (non-hydrogen) atoms. The van der Waals surface area contributed by atoms with Gasteiger partial charge in [0.25, 0.3) is 5.91 Å². The molecular weight excluding hydrogens is 312 g/mol. The second-order valence-corrected chi connectivity index (χ2v) is 7.10. The topological polar surface area (TPSA) is 47.6 Å². The van der Waals surface area contributed by atoms with Crippen molar-refractivity contribution in [1.29, 1.82) is 0 Å². The quantitative estimate of drug-likeness (QED) is 0.685. The van der Waals surface area contributed by atoms with E-state index in [9.17, 15) is 4.79 Å². The van der Waals surface area contributed by atoms with Crippen LogP contribution in [0.15, 0.2) is 24.3 Å². The van der Waals surface area contributed by atoms with E-state index in [0.29, 0.717) is 5.69 Å². The van der Waals surface area contributed by atoms with Gasteiger partial charge in [-0.1, -0.05) is 35.3 Å². The van der Waals surface area contributed by atoms with E-state index < -0.39 is 17.9 Å². The monoisotopic (exact) mass is 329 g/mol. The Labute approximate surface area is 135 Å². The lowest BCUT2D eigenvalue weighted by atomic mass is 9.79. The lowest BCUT2D eigenvalue weighted by Crippen LogP contribution is -2.41. The minimum absolute atomic E-state index is 0.380. The normalized spacial score (nSPS) is 19.9. The Morgan fingerprint density at radius 2 is 1.57 bits per heavy atom. The van der Waals surface area contributed by atoms with Gasteiger partial charge in [0.15, 0.2) is 4.84 Å². The van der Waals surface area contributed by atoms with E-state index in [1.807, 2.05) is 39.8 Å². The number of halogens is 2. The highest BCUT2D eigenvalue weighted by atomic mass is 35.5. The molecule has 0 atom stereocenters. The first kappa shape index (κ1) is 16.6. The maximum atomic E-state index is 11.4. The van der Waals surface area contributed by atoms with Crippen molar-refractivity contribution in [3.05, 3.63) is 24.3 Å². The number of anilines is 1. The number of benzene rings is 1. The number of carbonyl (C=O) groups excluding carboxylic acids is 1. The van der Waals surface area contributed by atoms with Crippen molar-refractivity contribution in [3.8, 4) is 0 Å². The number of hydrogen-bond acceptors (Lipinski definition) is 3. The second-order valence-electron chi connectivity index (χ2n) is 6.00. The molecule has 1 fully saturated rings. The van der Waals surface area contributed by atoms with E-state index in [2.05, 4.69) is 5.32 Å². The third-order valence-electron chi connectivity index (χ3n) is 3.90. The van der Waals surface area contributed by atoms with Crippen molar-refractivity contribution in [2.24, 2.45) is 0 Å². The van der Waals surface area contributed by atoms with E-state index in [1.54, 1.807) is 12.1 Å². The first-order chi connectivity index (χ1) is 9.62. The Kier molecular flexibility index (Phi) is 4.59. The van der Waals surface area contributed by atoms with Gasteiger partial charge in [0.05, 0.1) is 11.2 Å². The van der Waals surface area contributed by atoms with Crippen LogP contribution in [0.25, 0.3) is 0 Å². The van der Waals surface area contributed by atoms with Gasteiger partial charge in [-0.05, 0) is 45.3 Å². The van der Waals surface area contributed by atoms with Crippen LogP contribution in [-0.2, 0) is 14.1 Å². The zero-order valence-corrected chi connectivity index (χ0v) is 14.0. The number of carbonyl (C=O) groups is 1. The summed E-state index contributed by atoms with van der Waals surface area (Å²) < 4.78 is 11.9. The van der Waals surface area contributed by atoms with Gasteiger partial charge in [-0.15, -0.1) is 0 Å². The summed E-state index contributed by atoms with van der Waals surface area (Å²) in [7, 11) is -0.423. The molecule has 0 aromatic heterocycles. The van der Waals surface area contributed by atoms with Crippen LogP contribution in [0, 0.1) is 0 Å². The van der Waals surface area contributed by atoms with E-state index in [-0.39, 0.29) is 11.2 Å². The number of hydrogen-bond donors (Lipinski definition) is 1. The molecule has 1 heterocycles. The van der Waals surface area contributed by atoms with Crippen LogP contribution in [0.4, 0.5) is 5.69 Å². The molecule has 1 aromatic rings. The third kappa shape index (κ3) is 3.54. The van der Waals surface area contributed by atoms with E-state index >= 15 is 0 Å². The summed E-state index contributed by atoms with van der Waals surface area (Å²) in [5.41, 5.74) is 0.746. The first-order valence-electron chi connectivity index (χ1n) is 6.67. The van der Waals surface area contributed by atoms with E-state index in [4.69, 9.17) is 32.5 Å². The third-order valence-corrected chi connectivity index (χ3v) is 4.30. The van der Waals surface area contributed by atoms with E-state index in [0.717, 1.165) is 5.46 Å². The fourth-order valence-electron chi connectivity index (χ4n) is 1.90. The molecule has 2 rings (SSSR count). The summed E-state index contributed by atoms with van der Waals surface area (Å²) in [5, 5.41) is 2.61. The zero-order valence-electron chi connectivity index (χ0n) is 12.4. The Balaban J connectivity index is 2.09. The zero-order chi connectivity index (χ0) is 15.8. The number of alkyl halides is 2. The van der Waals surface area contributed by atoms with Crippen molar-refractivity contribution in [2.75, 3.05) is 5.32 Å². The molecule has 4 nitrogen and oxygen atoms in total. The van der Waals surface area contributed by atoms with Gasteiger partial charge in [-0.3, -0.25) is 4.79 Å². The minimum atomic E-state index is -1.09. The first-order valence-corrected chi connectivity index (χ1v) is 7.54. The maximum absolute atomic E-state index is 11.4. The summed E-state index contributed by atoms with van der Waals surface area (Å²) in [5.74, 6) is -0.457. The largest absolute Gasteiger partial charge is 0.494 e. The molecule has 1 amide bonds. The lowest BCUT2D eigenvalue weighted by Gasteiger charge is -2.32. The van der Waals surface area contributed by atoms with Crippen LogP contribution >= 0.6 is 23.2 Å². The Morgan fingerprint density at radius 3 is 2.00 bits per heavy atom. The summed E-state index contributed by atoms with van der Waals surface area (Å²) in [6.45, 7) is 8.01. The van der Waals surface area contributed by atoms with Crippen molar-refractivity contribution in [3.63, 3.8) is 0 Å². The number of amides is 1. The van der Waals surface area contributed by atoms with Gasteiger partial charge in [-0.2, -0.15) is 0 Å². The predicted molar refractivity (Wildman–Crippen MR) is 86.3 cm³/mol. The second kappa shape index (κ2) is 5.80. The van der Waals surface area contributed by atoms with Crippen LogP contribution in [-0.4, -0.2) is 29.1 Å².